The molecule has 2 aromatic rings. The van der Waals surface area contributed by atoms with E-state index in [2.05, 4.69) is 20.1 Å². The predicted octanol–water partition coefficient (Wildman–Crippen LogP) is 1.70. The molecular weight excluding hydrogens is 352 g/mol. The SMILES string of the molecule is [O-][S+](CC(F)(F)C(F)C(F)(F)F)c1cc(-n2cncn2)ncn1. The zero-order valence-corrected chi connectivity index (χ0v) is 11.7. The van der Waals surface area contributed by atoms with Crippen molar-refractivity contribution in [3.63, 3.8) is 0 Å². The molecule has 2 aromatic heterocycles. The predicted molar refractivity (Wildman–Crippen MR) is 64.1 cm³/mol. The quantitative estimate of drug-likeness (QED) is 0.461. The molecule has 2 atom stereocenters. The minimum Gasteiger partial charge on any atom is -0.610 e. The molecule has 0 aliphatic rings. The fourth-order valence-electron chi connectivity index (χ4n) is 1.47. The molecule has 2 unspecified atom stereocenters. The van der Waals surface area contributed by atoms with Gasteiger partial charge in [-0.3, -0.25) is 0 Å². The van der Waals surface area contributed by atoms with Crippen LogP contribution in [-0.2, 0) is 11.2 Å². The van der Waals surface area contributed by atoms with Crippen LogP contribution in [-0.4, -0.2) is 53.3 Å². The molecule has 0 amide bonds. The van der Waals surface area contributed by atoms with Crippen molar-refractivity contribution in [2.24, 2.45) is 0 Å². The fourth-order valence-corrected chi connectivity index (χ4v) is 2.51. The number of hydrogen-bond acceptors (Lipinski definition) is 5. The van der Waals surface area contributed by atoms with E-state index in [4.69, 9.17) is 0 Å². The van der Waals surface area contributed by atoms with Gasteiger partial charge < -0.3 is 4.55 Å². The molecular formula is C10H7F6N5OS. The minimum absolute atomic E-state index is 0.0109. The smallest absolute Gasteiger partial charge is 0.425 e. The Bertz CT molecular complexity index is 651. The van der Waals surface area contributed by atoms with Gasteiger partial charge >= 0.3 is 12.1 Å². The van der Waals surface area contributed by atoms with E-state index in [0.29, 0.717) is 0 Å². The topological polar surface area (TPSA) is 79.5 Å². The maximum absolute atomic E-state index is 13.3. The molecule has 0 saturated carbocycles. The van der Waals surface area contributed by atoms with E-state index in [1.165, 1.54) is 6.33 Å². The molecule has 0 saturated heterocycles. The lowest BCUT2D eigenvalue weighted by atomic mass is 10.2. The number of rotatable bonds is 5. The summed E-state index contributed by atoms with van der Waals surface area (Å²) in [6, 6.07) is 0.974. The Kier molecular flexibility index (Phi) is 4.79. The highest BCUT2D eigenvalue weighted by Crippen LogP contribution is 2.36. The van der Waals surface area contributed by atoms with Crippen molar-refractivity contribution in [3.05, 3.63) is 25.0 Å². The Morgan fingerprint density at radius 3 is 2.43 bits per heavy atom. The molecule has 23 heavy (non-hydrogen) atoms. The highest BCUT2D eigenvalue weighted by molar-refractivity contribution is 7.91. The van der Waals surface area contributed by atoms with E-state index in [0.717, 1.165) is 23.4 Å². The summed E-state index contributed by atoms with van der Waals surface area (Å²) in [5.41, 5.74) is 0. The maximum Gasteiger partial charge on any atom is 0.425 e. The fraction of sp³-hybridized carbons (Fsp3) is 0.400. The molecule has 0 fully saturated rings. The number of alkyl halides is 6. The van der Waals surface area contributed by atoms with Gasteiger partial charge in [0.25, 0.3) is 6.17 Å². The molecule has 2 heterocycles. The van der Waals surface area contributed by atoms with E-state index < -0.39 is 40.2 Å². The van der Waals surface area contributed by atoms with Crippen LogP contribution < -0.4 is 0 Å². The maximum atomic E-state index is 13.3. The number of nitrogens with zero attached hydrogens (tertiary/aromatic N) is 5. The number of halogens is 6. The van der Waals surface area contributed by atoms with Crippen LogP contribution in [0.15, 0.2) is 30.1 Å². The monoisotopic (exact) mass is 359 g/mol. The van der Waals surface area contributed by atoms with Gasteiger partial charge in [0.2, 0.25) is 5.03 Å². The molecule has 126 valence electrons. The molecule has 0 aliphatic carbocycles. The molecule has 0 aromatic carbocycles. The van der Waals surface area contributed by atoms with Crippen molar-refractivity contribution >= 4 is 11.2 Å². The van der Waals surface area contributed by atoms with E-state index >= 15 is 0 Å². The summed E-state index contributed by atoms with van der Waals surface area (Å²) in [6.07, 6.45) is -6.98. The van der Waals surface area contributed by atoms with Crippen LogP contribution in [0.3, 0.4) is 0 Å². The Morgan fingerprint density at radius 1 is 1.17 bits per heavy atom. The van der Waals surface area contributed by atoms with Gasteiger partial charge in [0.1, 0.15) is 19.0 Å². The molecule has 2 rings (SSSR count). The minimum atomic E-state index is -5.76. The van der Waals surface area contributed by atoms with Crippen LogP contribution in [0.5, 0.6) is 0 Å². The standard InChI is InChI=1S/C10H7F6N5OS/c11-8(10(14,15)16)9(12,13)2-23(22)7-1-6(18-4-19-7)21-5-17-3-20-21/h1,3-5,8H,2H2. The summed E-state index contributed by atoms with van der Waals surface area (Å²) in [5.74, 6) is -6.72. The molecule has 0 N–H and O–H groups in total. The summed E-state index contributed by atoms with van der Waals surface area (Å²) in [5, 5.41) is 3.19. The van der Waals surface area contributed by atoms with E-state index in [1.54, 1.807) is 0 Å². The van der Waals surface area contributed by atoms with Gasteiger partial charge in [-0.2, -0.15) is 32.0 Å². The van der Waals surface area contributed by atoms with Crippen LogP contribution in [0, 0.1) is 0 Å². The molecule has 0 radical (unpaired) electrons. The first-order valence-electron chi connectivity index (χ1n) is 5.75. The van der Waals surface area contributed by atoms with Gasteiger partial charge in [0.15, 0.2) is 11.6 Å². The zero-order chi connectivity index (χ0) is 17.3. The summed E-state index contributed by atoms with van der Waals surface area (Å²) in [6.45, 7) is 0. The lowest BCUT2D eigenvalue weighted by Crippen LogP contribution is -2.46. The Hall–Kier alpha value is -1.89. The zero-order valence-electron chi connectivity index (χ0n) is 10.9. The largest absolute Gasteiger partial charge is 0.610 e. The normalized spacial score (nSPS) is 15.4. The van der Waals surface area contributed by atoms with Crippen molar-refractivity contribution in [2.45, 2.75) is 23.3 Å². The van der Waals surface area contributed by atoms with Crippen LogP contribution >= 0.6 is 0 Å². The third kappa shape index (κ3) is 4.10. The first-order valence-corrected chi connectivity index (χ1v) is 7.07. The first-order chi connectivity index (χ1) is 10.6. The Morgan fingerprint density at radius 2 is 1.87 bits per heavy atom. The van der Waals surface area contributed by atoms with E-state index in [1.807, 2.05) is 0 Å². The van der Waals surface area contributed by atoms with Gasteiger partial charge in [-0.1, -0.05) is 0 Å². The summed E-state index contributed by atoms with van der Waals surface area (Å²) in [7, 11) is 0. The molecule has 13 heteroatoms. The second-order valence-corrected chi connectivity index (χ2v) is 5.61. The van der Waals surface area contributed by atoms with Gasteiger partial charge in [0, 0.05) is 11.2 Å². The first kappa shape index (κ1) is 17.5. The summed E-state index contributed by atoms with van der Waals surface area (Å²) in [4.78, 5) is 10.8. The van der Waals surface area contributed by atoms with E-state index in [9.17, 15) is 30.9 Å². The second-order valence-electron chi connectivity index (χ2n) is 4.21. The van der Waals surface area contributed by atoms with Crippen molar-refractivity contribution in [1.82, 2.24) is 24.7 Å². The second kappa shape index (κ2) is 6.31. The number of hydrogen-bond donors (Lipinski definition) is 0. The third-order valence-corrected chi connectivity index (χ3v) is 3.83. The molecule has 0 spiro atoms. The number of aromatic nitrogens is 5. The van der Waals surface area contributed by atoms with Crippen LogP contribution in [0.25, 0.3) is 5.82 Å². The summed E-state index contributed by atoms with van der Waals surface area (Å²) < 4.78 is 88.3. The van der Waals surface area contributed by atoms with Crippen LogP contribution in [0.1, 0.15) is 0 Å². The van der Waals surface area contributed by atoms with Crippen molar-refractivity contribution in [3.8, 4) is 5.82 Å². The van der Waals surface area contributed by atoms with Crippen molar-refractivity contribution in [1.29, 1.82) is 0 Å². The van der Waals surface area contributed by atoms with Gasteiger partial charge in [0.05, 0.1) is 6.07 Å². The third-order valence-electron chi connectivity index (χ3n) is 2.50. The van der Waals surface area contributed by atoms with Crippen LogP contribution in [0.2, 0.25) is 0 Å². The molecule has 0 aliphatic heterocycles. The highest BCUT2D eigenvalue weighted by Gasteiger charge is 2.59. The lowest BCUT2D eigenvalue weighted by Gasteiger charge is -2.22. The molecule has 0 bridgehead atoms. The average Bonchev–Trinajstić information content (AvgIpc) is 2.99. The van der Waals surface area contributed by atoms with Gasteiger partial charge in [-0.15, -0.1) is 0 Å². The van der Waals surface area contributed by atoms with Gasteiger partial charge in [-0.05, 0) is 0 Å². The van der Waals surface area contributed by atoms with Crippen molar-refractivity contribution < 1.29 is 30.9 Å². The lowest BCUT2D eigenvalue weighted by molar-refractivity contribution is -0.237. The highest BCUT2D eigenvalue weighted by atomic mass is 32.2. The summed E-state index contributed by atoms with van der Waals surface area (Å²) >= 11 is -2.68. The molecule has 6 nitrogen and oxygen atoms in total. The van der Waals surface area contributed by atoms with E-state index in [-0.39, 0.29) is 5.82 Å². The Balaban J connectivity index is 2.18. The average molecular weight is 359 g/mol. The van der Waals surface area contributed by atoms with Crippen LogP contribution in [0.4, 0.5) is 26.3 Å². The van der Waals surface area contributed by atoms with Crippen molar-refractivity contribution in [2.75, 3.05) is 5.75 Å². The van der Waals surface area contributed by atoms with Gasteiger partial charge in [-0.25, -0.2) is 19.0 Å². The Labute approximate surface area is 127 Å².